The van der Waals surface area contributed by atoms with E-state index in [4.69, 9.17) is 5.73 Å². The summed E-state index contributed by atoms with van der Waals surface area (Å²) in [5.41, 5.74) is 8.25. The van der Waals surface area contributed by atoms with Crippen LogP contribution in [-0.2, 0) is 0 Å². The van der Waals surface area contributed by atoms with E-state index in [1.54, 1.807) is 6.08 Å². The molecule has 0 aliphatic rings. The fourth-order valence-electron chi connectivity index (χ4n) is 0.762. The average Bonchev–Trinajstić information content (AvgIpc) is 1.98. The molecule has 0 rings (SSSR count). The molecule has 0 spiro atoms. The Balaban J connectivity index is 4.87. The van der Waals surface area contributed by atoms with Crippen molar-refractivity contribution in [2.75, 3.05) is 0 Å². The zero-order chi connectivity index (χ0) is 8.85. The van der Waals surface area contributed by atoms with Gasteiger partial charge in [-0.25, -0.2) is 0 Å². The van der Waals surface area contributed by atoms with Crippen LogP contribution in [0.2, 0.25) is 0 Å². The molecular weight excluding hydrogens is 134 g/mol. The van der Waals surface area contributed by atoms with Crippen LogP contribution < -0.4 is 5.73 Å². The van der Waals surface area contributed by atoms with Gasteiger partial charge >= 0.3 is 0 Å². The first-order valence-corrected chi connectivity index (χ1v) is 3.54. The summed E-state index contributed by atoms with van der Waals surface area (Å²) in [5.74, 6) is 0. The summed E-state index contributed by atoms with van der Waals surface area (Å²) in [4.78, 5) is 0. The molecule has 0 aromatic carbocycles. The molecule has 1 nitrogen and oxygen atoms in total. The Kier molecular flexibility index (Phi) is 4.04. The Morgan fingerprint density at radius 3 is 2.27 bits per heavy atom. The first-order chi connectivity index (χ1) is 5.13. The van der Waals surface area contributed by atoms with Crippen LogP contribution in [0.15, 0.2) is 48.2 Å². The molecule has 0 heterocycles. The van der Waals surface area contributed by atoms with Crippen molar-refractivity contribution in [2.45, 2.75) is 13.8 Å². The molecule has 0 radical (unpaired) electrons. The van der Waals surface area contributed by atoms with E-state index in [0.29, 0.717) is 5.70 Å². The lowest BCUT2D eigenvalue weighted by molar-refractivity contribution is 1.31. The molecule has 0 aromatic rings. The van der Waals surface area contributed by atoms with Gasteiger partial charge in [0.2, 0.25) is 0 Å². The van der Waals surface area contributed by atoms with Gasteiger partial charge in [-0.1, -0.05) is 25.3 Å². The van der Waals surface area contributed by atoms with Gasteiger partial charge in [0.1, 0.15) is 0 Å². The lowest BCUT2D eigenvalue weighted by atomic mass is 10.1. The highest BCUT2D eigenvalue weighted by molar-refractivity contribution is 5.42. The van der Waals surface area contributed by atoms with Gasteiger partial charge in [-0.15, -0.1) is 0 Å². The monoisotopic (exact) mass is 149 g/mol. The molecule has 0 bridgehead atoms. The number of allylic oxidation sites excluding steroid dienone is 5. The minimum atomic E-state index is 0.676. The lowest BCUT2D eigenvalue weighted by Crippen LogP contribution is -1.98. The molecule has 0 fully saturated rings. The van der Waals surface area contributed by atoms with Crippen molar-refractivity contribution in [1.29, 1.82) is 0 Å². The third-order valence-electron chi connectivity index (χ3n) is 1.32. The van der Waals surface area contributed by atoms with Crippen LogP contribution in [0.1, 0.15) is 13.8 Å². The predicted molar refractivity (Wildman–Crippen MR) is 51.0 cm³/mol. The molecule has 0 saturated heterocycles. The summed E-state index contributed by atoms with van der Waals surface area (Å²) in [6.07, 6.45) is 5.49. The highest BCUT2D eigenvalue weighted by Gasteiger charge is 1.95. The smallest absolute Gasteiger partial charge is 0.0384 e. The topological polar surface area (TPSA) is 26.0 Å². The maximum atomic E-state index is 5.65. The first kappa shape index (κ1) is 9.76. The maximum Gasteiger partial charge on any atom is 0.0384 e. The van der Waals surface area contributed by atoms with Gasteiger partial charge in [-0.2, -0.15) is 0 Å². The molecule has 11 heavy (non-hydrogen) atoms. The fourth-order valence-corrected chi connectivity index (χ4v) is 0.762. The van der Waals surface area contributed by atoms with Crippen molar-refractivity contribution in [3.63, 3.8) is 0 Å². The summed E-state index contributed by atoms with van der Waals surface area (Å²) in [5, 5.41) is 0. The SMILES string of the molecule is C=C/C(N)=C(\C=C/C)C(=C)C. The molecule has 0 amide bonds. The highest BCUT2D eigenvalue weighted by Crippen LogP contribution is 2.11. The summed E-state index contributed by atoms with van der Waals surface area (Å²) < 4.78 is 0. The van der Waals surface area contributed by atoms with Crippen molar-refractivity contribution < 1.29 is 0 Å². The van der Waals surface area contributed by atoms with Crippen LogP contribution in [0.4, 0.5) is 0 Å². The first-order valence-electron chi connectivity index (χ1n) is 3.54. The quantitative estimate of drug-likeness (QED) is 0.613. The van der Waals surface area contributed by atoms with Crippen molar-refractivity contribution in [3.05, 3.63) is 48.2 Å². The van der Waals surface area contributed by atoms with Crippen molar-refractivity contribution in [2.24, 2.45) is 5.73 Å². The zero-order valence-electron chi connectivity index (χ0n) is 7.22. The summed E-state index contributed by atoms with van der Waals surface area (Å²) in [7, 11) is 0. The molecule has 0 aromatic heterocycles. The third kappa shape index (κ3) is 2.89. The van der Waals surface area contributed by atoms with Gasteiger partial charge < -0.3 is 5.73 Å². The number of hydrogen-bond donors (Lipinski definition) is 1. The Bertz CT molecular complexity index is 219. The molecule has 0 unspecified atom stereocenters. The van der Waals surface area contributed by atoms with E-state index >= 15 is 0 Å². The van der Waals surface area contributed by atoms with Gasteiger partial charge in [0.25, 0.3) is 0 Å². The predicted octanol–water partition coefficient (Wildman–Crippen LogP) is 2.54. The van der Waals surface area contributed by atoms with E-state index in [1.165, 1.54) is 0 Å². The molecule has 60 valence electrons. The number of nitrogens with two attached hydrogens (primary N) is 1. The van der Waals surface area contributed by atoms with E-state index in [2.05, 4.69) is 13.2 Å². The molecular formula is C10H15N. The number of rotatable bonds is 3. The van der Waals surface area contributed by atoms with Crippen LogP contribution >= 0.6 is 0 Å². The van der Waals surface area contributed by atoms with Gasteiger partial charge in [0.15, 0.2) is 0 Å². The zero-order valence-corrected chi connectivity index (χ0v) is 7.22. The second-order valence-electron chi connectivity index (χ2n) is 2.35. The Hall–Kier alpha value is -1.24. The Morgan fingerprint density at radius 1 is 1.45 bits per heavy atom. The van der Waals surface area contributed by atoms with Gasteiger partial charge in [-0.05, 0) is 31.1 Å². The van der Waals surface area contributed by atoms with Crippen molar-refractivity contribution in [1.82, 2.24) is 0 Å². The molecule has 0 atom stereocenters. The van der Waals surface area contributed by atoms with E-state index in [-0.39, 0.29) is 0 Å². The van der Waals surface area contributed by atoms with Crippen LogP contribution in [0.25, 0.3) is 0 Å². The van der Waals surface area contributed by atoms with Crippen LogP contribution in [0.5, 0.6) is 0 Å². The van der Waals surface area contributed by atoms with Gasteiger partial charge in [0.05, 0.1) is 0 Å². The van der Waals surface area contributed by atoms with E-state index < -0.39 is 0 Å². The Morgan fingerprint density at radius 2 is 2.00 bits per heavy atom. The van der Waals surface area contributed by atoms with Gasteiger partial charge in [0, 0.05) is 5.70 Å². The highest BCUT2D eigenvalue weighted by atomic mass is 14.6. The normalized spacial score (nSPS) is 12.9. The second-order valence-corrected chi connectivity index (χ2v) is 2.35. The summed E-state index contributed by atoms with van der Waals surface area (Å²) in [6.45, 7) is 11.3. The lowest BCUT2D eigenvalue weighted by Gasteiger charge is -2.02. The maximum absolute atomic E-state index is 5.65. The third-order valence-corrected chi connectivity index (χ3v) is 1.32. The van der Waals surface area contributed by atoms with Crippen LogP contribution in [-0.4, -0.2) is 0 Å². The Labute approximate surface area is 68.6 Å². The standard InChI is InChI=1S/C10H15N/c1-5-7-9(8(3)4)10(11)6-2/h5-7H,2-3,11H2,1,4H3/b7-5-,10-9-. The molecule has 0 aliphatic heterocycles. The van der Waals surface area contributed by atoms with Gasteiger partial charge in [-0.3, -0.25) is 0 Å². The van der Waals surface area contributed by atoms with Crippen molar-refractivity contribution >= 4 is 0 Å². The van der Waals surface area contributed by atoms with E-state index in [1.807, 2.05) is 26.0 Å². The van der Waals surface area contributed by atoms with Crippen LogP contribution in [0.3, 0.4) is 0 Å². The molecule has 0 aliphatic carbocycles. The van der Waals surface area contributed by atoms with E-state index in [9.17, 15) is 0 Å². The minimum absolute atomic E-state index is 0.676. The largest absolute Gasteiger partial charge is 0.398 e. The van der Waals surface area contributed by atoms with E-state index in [0.717, 1.165) is 11.1 Å². The number of hydrogen-bond acceptors (Lipinski definition) is 1. The average molecular weight is 149 g/mol. The molecule has 1 heteroatoms. The second kappa shape index (κ2) is 4.56. The van der Waals surface area contributed by atoms with Crippen molar-refractivity contribution in [3.8, 4) is 0 Å². The fraction of sp³-hybridized carbons (Fsp3) is 0.200. The molecule has 2 N–H and O–H groups in total. The minimum Gasteiger partial charge on any atom is -0.398 e. The van der Waals surface area contributed by atoms with Crippen LogP contribution in [0, 0.1) is 0 Å². The summed E-state index contributed by atoms with van der Waals surface area (Å²) in [6, 6.07) is 0. The summed E-state index contributed by atoms with van der Waals surface area (Å²) >= 11 is 0. The molecule has 0 saturated carbocycles.